The zero-order chi connectivity index (χ0) is 20.3. The number of halogens is 1. The molecule has 0 fully saturated rings. The van der Waals surface area contributed by atoms with Gasteiger partial charge in [0.2, 0.25) is 4.77 Å². The molecule has 0 aliphatic heterocycles. The predicted molar refractivity (Wildman–Crippen MR) is 113 cm³/mol. The van der Waals surface area contributed by atoms with Gasteiger partial charge >= 0.3 is 0 Å². The van der Waals surface area contributed by atoms with Crippen molar-refractivity contribution < 1.29 is 14.4 Å². The van der Waals surface area contributed by atoms with Crippen LogP contribution in [0, 0.1) is 4.77 Å². The molecular formula is C20H24ClN4O2S+. The van der Waals surface area contributed by atoms with E-state index in [0.717, 1.165) is 35.0 Å². The quantitative estimate of drug-likeness (QED) is 0.598. The van der Waals surface area contributed by atoms with Crippen molar-refractivity contribution >= 4 is 23.8 Å². The lowest BCUT2D eigenvalue weighted by molar-refractivity contribution is -0.917. The number of nitrogens with one attached hydrogen (secondary N) is 1. The topological polar surface area (TPSA) is 45.6 Å². The summed E-state index contributed by atoms with van der Waals surface area (Å²) in [6.07, 6.45) is 0. The largest absolute Gasteiger partial charge is 0.497 e. The zero-order valence-corrected chi connectivity index (χ0v) is 18.0. The normalized spacial score (nSPS) is 12.0. The molecule has 0 amide bonds. The maximum atomic E-state index is 6.14. The van der Waals surface area contributed by atoms with Crippen molar-refractivity contribution in [3.8, 4) is 22.9 Å². The van der Waals surface area contributed by atoms with Crippen LogP contribution >= 0.6 is 23.8 Å². The van der Waals surface area contributed by atoms with Crippen LogP contribution in [0.5, 0.6) is 11.5 Å². The maximum absolute atomic E-state index is 6.14. The molecule has 28 heavy (non-hydrogen) atoms. The fraction of sp³-hybridized carbons (Fsp3) is 0.300. The average molecular weight is 420 g/mol. The summed E-state index contributed by atoms with van der Waals surface area (Å²) in [6, 6.07) is 13.4. The number of nitrogens with zero attached hydrogens (tertiary/aromatic N) is 3. The summed E-state index contributed by atoms with van der Waals surface area (Å²) in [5.41, 5.74) is 2.03. The van der Waals surface area contributed by atoms with Crippen LogP contribution in [-0.2, 0) is 20.3 Å². The number of hydrogen-bond acceptors (Lipinski definition) is 4. The highest BCUT2D eigenvalue weighted by Gasteiger charge is 2.15. The van der Waals surface area contributed by atoms with E-state index in [-0.39, 0.29) is 0 Å². The van der Waals surface area contributed by atoms with Gasteiger partial charge in [-0.15, -0.1) is 5.10 Å². The van der Waals surface area contributed by atoms with Crippen LogP contribution in [0.15, 0.2) is 42.5 Å². The Morgan fingerprint density at radius 2 is 1.82 bits per heavy atom. The summed E-state index contributed by atoms with van der Waals surface area (Å²) in [5, 5.41) is 5.43. The van der Waals surface area contributed by atoms with E-state index in [1.807, 2.05) is 58.8 Å². The van der Waals surface area contributed by atoms with Gasteiger partial charge in [0.1, 0.15) is 18.0 Å². The molecule has 0 aliphatic carbocycles. The maximum Gasteiger partial charge on any atom is 0.202 e. The van der Waals surface area contributed by atoms with Crippen LogP contribution < -0.4 is 14.4 Å². The first kappa shape index (κ1) is 20.4. The summed E-state index contributed by atoms with van der Waals surface area (Å²) in [7, 11) is 7.33. The Balaban J connectivity index is 1.81. The van der Waals surface area contributed by atoms with E-state index < -0.39 is 0 Å². The summed E-state index contributed by atoms with van der Waals surface area (Å²) >= 11 is 11.7. The first-order valence-corrected chi connectivity index (χ1v) is 9.63. The molecule has 6 nitrogen and oxygen atoms in total. The highest BCUT2D eigenvalue weighted by Crippen LogP contribution is 2.22. The lowest BCUT2D eigenvalue weighted by Gasteiger charge is -2.16. The second kappa shape index (κ2) is 8.77. The monoisotopic (exact) mass is 419 g/mol. The highest BCUT2D eigenvalue weighted by molar-refractivity contribution is 7.71. The van der Waals surface area contributed by atoms with E-state index in [9.17, 15) is 0 Å². The van der Waals surface area contributed by atoms with E-state index in [0.29, 0.717) is 16.5 Å². The van der Waals surface area contributed by atoms with Crippen molar-refractivity contribution in [1.82, 2.24) is 14.3 Å². The van der Waals surface area contributed by atoms with Gasteiger partial charge in [-0.05, 0) is 54.7 Å². The van der Waals surface area contributed by atoms with Gasteiger partial charge in [0.15, 0.2) is 12.5 Å². The Bertz CT molecular complexity index is 1010. The molecular weight excluding hydrogens is 396 g/mol. The molecule has 8 heteroatoms. The Morgan fingerprint density at radius 3 is 2.46 bits per heavy atom. The zero-order valence-electron chi connectivity index (χ0n) is 16.4. The van der Waals surface area contributed by atoms with Gasteiger partial charge in [-0.1, -0.05) is 11.6 Å². The SMILES string of the molecule is COc1ccc(-c2nn(C[NH+](C)Cc3cc(Cl)ccc3OC)c(=S)n2C)cc1. The van der Waals surface area contributed by atoms with Crippen molar-refractivity contribution in [2.45, 2.75) is 13.2 Å². The molecule has 0 saturated carbocycles. The fourth-order valence-corrected chi connectivity index (χ4v) is 3.49. The van der Waals surface area contributed by atoms with Crippen LogP contribution in [0.1, 0.15) is 5.56 Å². The van der Waals surface area contributed by atoms with Crippen LogP contribution in [0.4, 0.5) is 0 Å². The van der Waals surface area contributed by atoms with Gasteiger partial charge in [0, 0.05) is 23.2 Å². The minimum Gasteiger partial charge on any atom is -0.497 e. The molecule has 0 bridgehead atoms. The Labute approximate surface area is 174 Å². The molecule has 0 saturated heterocycles. The molecule has 1 heterocycles. The number of ether oxygens (including phenoxy) is 2. The number of benzene rings is 2. The van der Waals surface area contributed by atoms with Gasteiger partial charge in [-0.25, -0.2) is 0 Å². The van der Waals surface area contributed by atoms with Gasteiger partial charge < -0.3 is 18.9 Å². The molecule has 0 radical (unpaired) electrons. The van der Waals surface area contributed by atoms with E-state index in [1.54, 1.807) is 14.2 Å². The van der Waals surface area contributed by atoms with Crippen molar-refractivity contribution in [2.24, 2.45) is 7.05 Å². The smallest absolute Gasteiger partial charge is 0.202 e. The lowest BCUT2D eigenvalue weighted by atomic mass is 10.2. The van der Waals surface area contributed by atoms with E-state index in [1.165, 1.54) is 4.90 Å². The Hall–Kier alpha value is -2.35. The van der Waals surface area contributed by atoms with Gasteiger partial charge in [-0.3, -0.25) is 0 Å². The van der Waals surface area contributed by atoms with Gasteiger partial charge in [-0.2, -0.15) is 4.68 Å². The average Bonchev–Trinajstić information content (AvgIpc) is 2.96. The van der Waals surface area contributed by atoms with E-state index >= 15 is 0 Å². The first-order chi connectivity index (χ1) is 13.4. The van der Waals surface area contributed by atoms with Crippen LogP contribution in [0.2, 0.25) is 5.02 Å². The fourth-order valence-electron chi connectivity index (χ4n) is 3.10. The van der Waals surface area contributed by atoms with E-state index in [2.05, 4.69) is 7.05 Å². The molecule has 0 spiro atoms. The third-order valence-electron chi connectivity index (χ3n) is 4.54. The molecule has 2 aromatic carbocycles. The molecule has 3 aromatic rings. The minimum absolute atomic E-state index is 0.624. The standard InChI is InChI=1S/C20H23ClN4O2S/c1-23(12-15-11-16(21)7-10-18(15)27-4)13-25-20(28)24(2)19(22-25)14-5-8-17(26-3)9-6-14/h5-11H,12-13H2,1-4H3/p+1. The Morgan fingerprint density at radius 1 is 1.11 bits per heavy atom. The minimum atomic E-state index is 0.624. The number of aromatic nitrogens is 3. The predicted octanol–water partition coefficient (Wildman–Crippen LogP) is 2.96. The van der Waals surface area contributed by atoms with Crippen molar-refractivity contribution in [3.63, 3.8) is 0 Å². The third-order valence-corrected chi connectivity index (χ3v) is 5.26. The summed E-state index contributed by atoms with van der Waals surface area (Å²) < 4.78 is 15.1. The van der Waals surface area contributed by atoms with Crippen molar-refractivity contribution in [3.05, 3.63) is 57.8 Å². The van der Waals surface area contributed by atoms with Gasteiger partial charge in [0.05, 0.1) is 21.3 Å². The second-order valence-electron chi connectivity index (χ2n) is 6.64. The van der Waals surface area contributed by atoms with Crippen LogP contribution in [-0.4, -0.2) is 35.6 Å². The molecule has 1 unspecified atom stereocenters. The molecule has 3 rings (SSSR count). The van der Waals surface area contributed by atoms with Crippen LogP contribution in [0.25, 0.3) is 11.4 Å². The molecule has 1 atom stereocenters. The lowest BCUT2D eigenvalue weighted by Crippen LogP contribution is -3.07. The number of hydrogen-bond donors (Lipinski definition) is 1. The summed E-state index contributed by atoms with van der Waals surface area (Å²) in [6.45, 7) is 1.36. The van der Waals surface area contributed by atoms with Crippen molar-refractivity contribution in [2.75, 3.05) is 21.3 Å². The summed E-state index contributed by atoms with van der Waals surface area (Å²) in [4.78, 5) is 1.20. The number of methoxy groups -OCH3 is 2. The number of rotatable bonds is 7. The second-order valence-corrected chi connectivity index (χ2v) is 7.44. The summed E-state index contributed by atoms with van der Waals surface area (Å²) in [5.74, 6) is 2.46. The molecule has 1 aromatic heterocycles. The molecule has 148 valence electrons. The number of quaternary nitrogens is 1. The molecule has 0 aliphatic rings. The van der Waals surface area contributed by atoms with E-state index in [4.69, 9.17) is 38.4 Å². The Kier molecular flexibility index (Phi) is 6.39. The van der Waals surface area contributed by atoms with Crippen LogP contribution in [0.3, 0.4) is 0 Å². The third kappa shape index (κ3) is 4.38. The van der Waals surface area contributed by atoms with Gasteiger partial charge in [0.25, 0.3) is 0 Å². The highest BCUT2D eigenvalue weighted by atomic mass is 35.5. The molecule has 1 N–H and O–H groups in total. The van der Waals surface area contributed by atoms with Crippen molar-refractivity contribution in [1.29, 1.82) is 0 Å². The first-order valence-electron chi connectivity index (χ1n) is 8.85.